The molecule has 1 aliphatic heterocycles. The number of methoxy groups -OCH3 is 2. The minimum Gasteiger partial charge on any atom is -0.497 e. The summed E-state index contributed by atoms with van der Waals surface area (Å²) in [6.07, 6.45) is 5.22. The SMILES string of the molecule is COc1ccc(/C=C2\SC(=S)N(Cc3cccnc3)C2=O)c(OC)c1. The lowest BCUT2D eigenvalue weighted by Gasteiger charge is -2.14. The number of amides is 1. The van der Waals surface area contributed by atoms with E-state index in [1.165, 1.54) is 11.8 Å². The third-order valence-corrected chi connectivity index (χ3v) is 5.04. The van der Waals surface area contributed by atoms with E-state index in [1.54, 1.807) is 43.7 Å². The fraction of sp³-hybridized carbons (Fsp3) is 0.167. The quantitative estimate of drug-likeness (QED) is 0.591. The number of carbonyl (C=O) groups excluding carboxylic acids is 1. The van der Waals surface area contributed by atoms with Gasteiger partial charge in [0.25, 0.3) is 5.91 Å². The average Bonchev–Trinajstić information content (AvgIpc) is 2.90. The molecule has 5 nitrogen and oxygen atoms in total. The summed E-state index contributed by atoms with van der Waals surface area (Å²) in [5.41, 5.74) is 1.73. The van der Waals surface area contributed by atoms with Crippen molar-refractivity contribution in [2.45, 2.75) is 6.54 Å². The number of benzene rings is 1. The molecule has 25 heavy (non-hydrogen) atoms. The molecule has 0 saturated carbocycles. The molecule has 0 spiro atoms. The fourth-order valence-corrected chi connectivity index (χ4v) is 3.64. The Balaban J connectivity index is 1.85. The first-order valence-corrected chi connectivity index (χ1v) is 8.71. The smallest absolute Gasteiger partial charge is 0.266 e. The highest BCUT2D eigenvalue weighted by atomic mass is 32.2. The van der Waals surface area contributed by atoms with Crippen LogP contribution in [-0.4, -0.2) is 34.3 Å². The third-order valence-electron chi connectivity index (χ3n) is 3.66. The van der Waals surface area contributed by atoms with Gasteiger partial charge in [0.1, 0.15) is 15.8 Å². The molecule has 1 aliphatic rings. The van der Waals surface area contributed by atoms with Crippen molar-refractivity contribution in [3.63, 3.8) is 0 Å². The Morgan fingerprint density at radius 2 is 2.12 bits per heavy atom. The van der Waals surface area contributed by atoms with E-state index in [4.69, 9.17) is 21.7 Å². The van der Waals surface area contributed by atoms with E-state index in [9.17, 15) is 4.79 Å². The lowest BCUT2D eigenvalue weighted by molar-refractivity contribution is -0.122. The number of carbonyl (C=O) groups is 1. The van der Waals surface area contributed by atoms with Crippen molar-refractivity contribution in [2.75, 3.05) is 14.2 Å². The minimum atomic E-state index is -0.114. The van der Waals surface area contributed by atoms with Gasteiger partial charge in [-0.15, -0.1) is 0 Å². The van der Waals surface area contributed by atoms with Crippen molar-refractivity contribution < 1.29 is 14.3 Å². The molecule has 7 heteroatoms. The fourth-order valence-electron chi connectivity index (χ4n) is 2.39. The summed E-state index contributed by atoms with van der Waals surface area (Å²) in [7, 11) is 3.18. The van der Waals surface area contributed by atoms with Crippen molar-refractivity contribution in [2.24, 2.45) is 0 Å². The lowest BCUT2D eigenvalue weighted by atomic mass is 10.1. The second-order valence-corrected chi connectivity index (χ2v) is 6.91. The molecule has 1 aromatic carbocycles. The van der Waals surface area contributed by atoms with Gasteiger partial charge in [0, 0.05) is 24.0 Å². The maximum absolute atomic E-state index is 12.7. The summed E-state index contributed by atoms with van der Waals surface area (Å²) in [4.78, 5) is 18.9. The van der Waals surface area contributed by atoms with E-state index >= 15 is 0 Å². The van der Waals surface area contributed by atoms with Crippen LogP contribution in [0.25, 0.3) is 6.08 Å². The van der Waals surface area contributed by atoms with Crippen LogP contribution in [-0.2, 0) is 11.3 Å². The van der Waals surface area contributed by atoms with Crippen molar-refractivity contribution >= 4 is 40.3 Å². The maximum atomic E-state index is 12.7. The van der Waals surface area contributed by atoms with Crippen LogP contribution < -0.4 is 9.47 Å². The molecule has 0 unspecified atom stereocenters. The van der Waals surface area contributed by atoms with Gasteiger partial charge in [-0.1, -0.05) is 30.0 Å². The van der Waals surface area contributed by atoms with Gasteiger partial charge in [-0.25, -0.2) is 0 Å². The molecular weight excluding hydrogens is 356 g/mol. The Kier molecular flexibility index (Phi) is 5.35. The number of hydrogen-bond acceptors (Lipinski definition) is 6. The van der Waals surface area contributed by atoms with Gasteiger partial charge in [-0.2, -0.15) is 0 Å². The average molecular weight is 372 g/mol. The number of ether oxygens (including phenoxy) is 2. The first-order chi connectivity index (χ1) is 12.1. The van der Waals surface area contributed by atoms with Gasteiger partial charge in [-0.05, 0) is 29.8 Å². The molecular formula is C18H16N2O3S2. The number of nitrogens with zero attached hydrogens (tertiary/aromatic N) is 2. The monoisotopic (exact) mass is 372 g/mol. The summed E-state index contributed by atoms with van der Waals surface area (Å²) >= 11 is 6.65. The van der Waals surface area contributed by atoms with Crippen LogP contribution in [0.1, 0.15) is 11.1 Å². The van der Waals surface area contributed by atoms with E-state index in [-0.39, 0.29) is 5.91 Å². The van der Waals surface area contributed by atoms with E-state index < -0.39 is 0 Å². The van der Waals surface area contributed by atoms with E-state index in [0.717, 1.165) is 11.1 Å². The highest BCUT2D eigenvalue weighted by molar-refractivity contribution is 8.26. The van der Waals surface area contributed by atoms with Crippen molar-refractivity contribution in [3.8, 4) is 11.5 Å². The second-order valence-electron chi connectivity index (χ2n) is 5.24. The molecule has 3 rings (SSSR count). The van der Waals surface area contributed by atoms with Crippen LogP contribution >= 0.6 is 24.0 Å². The van der Waals surface area contributed by atoms with Crippen LogP contribution in [0.4, 0.5) is 0 Å². The molecule has 1 fully saturated rings. The summed E-state index contributed by atoms with van der Waals surface area (Å²) in [5, 5.41) is 0. The van der Waals surface area contributed by atoms with Gasteiger partial charge in [-0.3, -0.25) is 14.7 Å². The molecule has 1 saturated heterocycles. The highest BCUT2D eigenvalue weighted by Gasteiger charge is 2.32. The molecule has 0 atom stereocenters. The minimum absolute atomic E-state index is 0.114. The molecule has 1 amide bonds. The number of pyridine rings is 1. The van der Waals surface area contributed by atoms with Crippen molar-refractivity contribution in [1.82, 2.24) is 9.88 Å². The molecule has 1 aromatic heterocycles. The Morgan fingerprint density at radius 3 is 2.80 bits per heavy atom. The highest BCUT2D eigenvalue weighted by Crippen LogP contribution is 2.35. The zero-order chi connectivity index (χ0) is 17.8. The molecule has 2 heterocycles. The number of thiocarbonyl (C=S) groups is 1. The van der Waals surface area contributed by atoms with Gasteiger partial charge in [0.2, 0.25) is 0 Å². The van der Waals surface area contributed by atoms with Crippen molar-refractivity contribution in [3.05, 3.63) is 58.8 Å². The lowest BCUT2D eigenvalue weighted by Crippen LogP contribution is -2.27. The Morgan fingerprint density at radius 1 is 1.28 bits per heavy atom. The Labute approximate surface area is 155 Å². The molecule has 0 radical (unpaired) electrons. The number of rotatable bonds is 5. The van der Waals surface area contributed by atoms with Crippen LogP contribution in [0.3, 0.4) is 0 Å². The maximum Gasteiger partial charge on any atom is 0.266 e. The Bertz CT molecular complexity index is 837. The largest absolute Gasteiger partial charge is 0.497 e. The predicted molar refractivity (Wildman–Crippen MR) is 102 cm³/mol. The van der Waals surface area contributed by atoms with Crippen LogP contribution in [0.15, 0.2) is 47.6 Å². The van der Waals surface area contributed by atoms with Crippen molar-refractivity contribution in [1.29, 1.82) is 0 Å². The predicted octanol–water partition coefficient (Wildman–Crippen LogP) is 3.50. The Hall–Kier alpha value is -2.38. The zero-order valence-corrected chi connectivity index (χ0v) is 15.4. The van der Waals surface area contributed by atoms with E-state index in [0.29, 0.717) is 27.3 Å². The van der Waals surface area contributed by atoms with Gasteiger partial charge >= 0.3 is 0 Å². The summed E-state index contributed by atoms with van der Waals surface area (Å²) in [6.45, 7) is 0.412. The van der Waals surface area contributed by atoms with E-state index in [2.05, 4.69) is 4.98 Å². The molecule has 0 N–H and O–H groups in total. The van der Waals surface area contributed by atoms with Crippen LogP contribution in [0, 0.1) is 0 Å². The summed E-state index contributed by atoms with van der Waals surface area (Å²) < 4.78 is 11.1. The normalized spacial score (nSPS) is 15.8. The molecule has 2 aromatic rings. The summed E-state index contributed by atoms with van der Waals surface area (Å²) in [5.74, 6) is 1.21. The topological polar surface area (TPSA) is 51.7 Å². The standard InChI is InChI=1S/C18H16N2O3S2/c1-22-14-6-5-13(15(9-14)23-2)8-16-17(21)20(18(24)25-16)11-12-4-3-7-19-10-12/h3-10H,11H2,1-2H3/b16-8-. The third kappa shape index (κ3) is 3.83. The van der Waals surface area contributed by atoms with Crippen LogP contribution in [0.2, 0.25) is 0 Å². The van der Waals surface area contributed by atoms with E-state index in [1.807, 2.05) is 24.3 Å². The molecule has 0 bridgehead atoms. The molecule has 0 aliphatic carbocycles. The molecule has 128 valence electrons. The first-order valence-electron chi connectivity index (χ1n) is 7.48. The zero-order valence-electron chi connectivity index (χ0n) is 13.8. The number of hydrogen-bond donors (Lipinski definition) is 0. The first kappa shape index (κ1) is 17.4. The van der Waals surface area contributed by atoms with Gasteiger partial charge in [0.15, 0.2) is 0 Å². The summed E-state index contributed by atoms with van der Waals surface area (Å²) in [6, 6.07) is 9.21. The van der Waals surface area contributed by atoms with Gasteiger partial charge in [0.05, 0.1) is 25.7 Å². The second kappa shape index (κ2) is 7.67. The number of thioether (sulfide) groups is 1. The van der Waals surface area contributed by atoms with Gasteiger partial charge < -0.3 is 9.47 Å². The van der Waals surface area contributed by atoms with Crippen LogP contribution in [0.5, 0.6) is 11.5 Å². The number of aromatic nitrogens is 1.